The van der Waals surface area contributed by atoms with Crippen molar-refractivity contribution in [3.05, 3.63) is 54.1 Å². The second-order valence-corrected chi connectivity index (χ2v) is 8.82. The number of nitrogens with zero attached hydrogens (tertiary/aromatic N) is 1. The number of carboxylic acids is 1. The summed E-state index contributed by atoms with van der Waals surface area (Å²) in [6.45, 7) is 3.49. The number of thiol groups is 1. The predicted molar refractivity (Wildman–Crippen MR) is 133 cm³/mol. The Morgan fingerprint density at radius 2 is 1.66 bits per heavy atom. The van der Waals surface area contributed by atoms with E-state index in [9.17, 15) is 24.3 Å². The number of hydrogen-bond acceptors (Lipinski definition) is 7. The predicted octanol–water partition coefficient (Wildman–Crippen LogP) is -0.353. The van der Waals surface area contributed by atoms with E-state index in [1.807, 2.05) is 30.3 Å². The highest BCUT2D eigenvalue weighted by atomic mass is 32.1. The van der Waals surface area contributed by atoms with Crippen molar-refractivity contribution in [1.29, 1.82) is 0 Å². The molecule has 1 heterocycles. The zero-order chi connectivity index (χ0) is 26.0. The van der Waals surface area contributed by atoms with Gasteiger partial charge in [0.05, 0.1) is 12.4 Å². The number of benzene rings is 1. The molecule has 0 radical (unpaired) electrons. The maximum absolute atomic E-state index is 12.9. The molecule has 11 nitrogen and oxygen atoms in total. The van der Waals surface area contributed by atoms with E-state index >= 15 is 0 Å². The lowest BCUT2D eigenvalue weighted by Gasteiger charge is -2.26. The first-order valence-electron chi connectivity index (χ1n) is 11.1. The number of carbonyl (C=O) groups excluding carboxylic acids is 3. The molecule has 4 atom stereocenters. The molecule has 0 saturated carbocycles. The number of rotatable bonds is 13. The van der Waals surface area contributed by atoms with Gasteiger partial charge >= 0.3 is 5.97 Å². The van der Waals surface area contributed by atoms with E-state index in [0.29, 0.717) is 12.1 Å². The molecule has 4 unspecified atom stereocenters. The normalized spacial score (nSPS) is 14.4. The summed E-state index contributed by atoms with van der Waals surface area (Å²) in [7, 11) is 0. The Morgan fingerprint density at radius 3 is 2.20 bits per heavy atom. The third-order valence-electron chi connectivity index (χ3n) is 5.29. The Balaban J connectivity index is 1.99. The number of aromatic amines is 1. The van der Waals surface area contributed by atoms with Gasteiger partial charge in [0.1, 0.15) is 18.1 Å². The number of amides is 3. The number of carboxylic acid groups (broad SMARTS) is 1. The molecular formula is C23H32N6O5S. The molecule has 0 fully saturated rings. The average molecular weight is 505 g/mol. The van der Waals surface area contributed by atoms with E-state index in [1.165, 1.54) is 12.5 Å². The lowest BCUT2D eigenvalue weighted by molar-refractivity contribution is -0.142. The van der Waals surface area contributed by atoms with Gasteiger partial charge in [0.25, 0.3) is 0 Å². The molecule has 1 aromatic heterocycles. The van der Waals surface area contributed by atoms with Gasteiger partial charge < -0.3 is 31.8 Å². The van der Waals surface area contributed by atoms with Gasteiger partial charge in [-0.1, -0.05) is 44.2 Å². The molecule has 0 aliphatic rings. The summed E-state index contributed by atoms with van der Waals surface area (Å²) in [6.07, 6.45) is 3.14. The van der Waals surface area contributed by atoms with Crippen LogP contribution in [-0.2, 0) is 32.0 Å². The minimum atomic E-state index is -1.24. The second kappa shape index (κ2) is 13.5. The van der Waals surface area contributed by atoms with Crippen LogP contribution in [0.1, 0.15) is 25.1 Å². The molecule has 7 N–H and O–H groups in total. The standard InChI is InChI=1S/C23H32N6O5S/c1-13(2)19(29-20(30)16(24)8-14-6-4-3-5-7-14)22(32)28-18(11-35)21(31)27-17(23(33)34)9-15-10-25-12-26-15/h3-7,10,12-13,16-19,35H,8-9,11,24H2,1-2H3,(H,25,26)(H,27,31)(H,28,32)(H,29,30)(H,33,34). The van der Waals surface area contributed by atoms with E-state index in [2.05, 4.69) is 38.5 Å². The van der Waals surface area contributed by atoms with Crippen LogP contribution in [0.4, 0.5) is 0 Å². The first-order chi connectivity index (χ1) is 16.6. The number of H-pyrrole nitrogens is 1. The highest BCUT2D eigenvalue weighted by Gasteiger charge is 2.31. The smallest absolute Gasteiger partial charge is 0.326 e. The van der Waals surface area contributed by atoms with Crippen LogP contribution in [0, 0.1) is 5.92 Å². The number of aliphatic carboxylic acids is 1. The lowest BCUT2D eigenvalue weighted by atomic mass is 10.0. The van der Waals surface area contributed by atoms with E-state index in [-0.39, 0.29) is 18.1 Å². The van der Waals surface area contributed by atoms with Crippen molar-refractivity contribution in [2.24, 2.45) is 11.7 Å². The van der Waals surface area contributed by atoms with Crippen LogP contribution >= 0.6 is 12.6 Å². The van der Waals surface area contributed by atoms with Gasteiger partial charge in [0.2, 0.25) is 17.7 Å². The summed E-state index contributed by atoms with van der Waals surface area (Å²) in [5, 5.41) is 17.1. The SMILES string of the molecule is CC(C)C(NC(=O)C(N)Cc1ccccc1)C(=O)NC(CS)C(=O)NC(Cc1cnc[nH]1)C(=O)O. The van der Waals surface area contributed by atoms with Crippen LogP contribution in [0.5, 0.6) is 0 Å². The van der Waals surface area contributed by atoms with Gasteiger partial charge in [-0.25, -0.2) is 9.78 Å². The topological polar surface area (TPSA) is 179 Å². The lowest BCUT2D eigenvalue weighted by Crippen LogP contribution is -2.59. The van der Waals surface area contributed by atoms with Crippen molar-refractivity contribution in [3.63, 3.8) is 0 Å². The molecule has 190 valence electrons. The number of aromatic nitrogens is 2. The van der Waals surface area contributed by atoms with Crippen LogP contribution in [-0.4, -0.2) is 68.7 Å². The fourth-order valence-electron chi connectivity index (χ4n) is 3.30. The molecule has 0 saturated heterocycles. The zero-order valence-electron chi connectivity index (χ0n) is 19.6. The zero-order valence-corrected chi connectivity index (χ0v) is 20.5. The first-order valence-corrected chi connectivity index (χ1v) is 11.8. The molecule has 0 bridgehead atoms. The Morgan fingerprint density at radius 1 is 1.00 bits per heavy atom. The largest absolute Gasteiger partial charge is 0.480 e. The number of hydrogen-bond donors (Lipinski definition) is 7. The van der Waals surface area contributed by atoms with Gasteiger partial charge in [0.15, 0.2) is 0 Å². The van der Waals surface area contributed by atoms with Crippen molar-refractivity contribution < 1.29 is 24.3 Å². The molecular weight excluding hydrogens is 472 g/mol. The van der Waals surface area contributed by atoms with Crippen molar-refractivity contribution in [2.45, 2.75) is 50.9 Å². The fraction of sp³-hybridized carbons (Fsp3) is 0.435. The van der Waals surface area contributed by atoms with Crippen molar-refractivity contribution in [1.82, 2.24) is 25.9 Å². The molecule has 0 aliphatic heterocycles. The summed E-state index contributed by atoms with van der Waals surface area (Å²) in [6, 6.07) is 5.07. The molecule has 0 spiro atoms. The molecule has 1 aromatic carbocycles. The van der Waals surface area contributed by atoms with Crippen molar-refractivity contribution in [2.75, 3.05) is 5.75 Å². The van der Waals surface area contributed by atoms with Gasteiger partial charge in [-0.15, -0.1) is 0 Å². The summed E-state index contributed by atoms with van der Waals surface area (Å²) < 4.78 is 0. The quantitative estimate of drug-likeness (QED) is 0.182. The van der Waals surface area contributed by atoms with E-state index in [0.717, 1.165) is 5.56 Å². The van der Waals surface area contributed by atoms with E-state index in [1.54, 1.807) is 13.8 Å². The average Bonchev–Trinajstić information content (AvgIpc) is 3.33. The summed E-state index contributed by atoms with van der Waals surface area (Å²) >= 11 is 4.12. The van der Waals surface area contributed by atoms with Gasteiger partial charge in [-0.05, 0) is 17.9 Å². The van der Waals surface area contributed by atoms with E-state index in [4.69, 9.17) is 5.73 Å². The van der Waals surface area contributed by atoms with Gasteiger partial charge in [0, 0.05) is 24.1 Å². The maximum Gasteiger partial charge on any atom is 0.326 e. The minimum absolute atomic E-state index is 0.0156. The van der Waals surface area contributed by atoms with Crippen LogP contribution in [0.15, 0.2) is 42.9 Å². The monoisotopic (exact) mass is 504 g/mol. The number of carbonyl (C=O) groups is 4. The Kier molecular flexibility index (Phi) is 10.7. The van der Waals surface area contributed by atoms with Crippen molar-refractivity contribution >= 4 is 36.3 Å². The molecule has 12 heteroatoms. The van der Waals surface area contributed by atoms with Crippen molar-refractivity contribution in [3.8, 4) is 0 Å². The number of nitrogens with one attached hydrogen (secondary N) is 4. The van der Waals surface area contributed by atoms with Gasteiger partial charge in [-0.3, -0.25) is 14.4 Å². The Labute approximate surface area is 209 Å². The van der Waals surface area contributed by atoms with Crippen LogP contribution in [0.3, 0.4) is 0 Å². The number of nitrogens with two attached hydrogens (primary N) is 1. The van der Waals surface area contributed by atoms with E-state index < -0.39 is 47.9 Å². The highest BCUT2D eigenvalue weighted by molar-refractivity contribution is 7.80. The molecule has 35 heavy (non-hydrogen) atoms. The summed E-state index contributed by atoms with van der Waals surface area (Å²) in [5.41, 5.74) is 7.44. The maximum atomic E-state index is 12.9. The number of imidazole rings is 1. The fourth-order valence-corrected chi connectivity index (χ4v) is 3.56. The molecule has 2 rings (SSSR count). The van der Waals surface area contributed by atoms with Crippen LogP contribution in [0.25, 0.3) is 0 Å². The third-order valence-corrected chi connectivity index (χ3v) is 5.66. The van der Waals surface area contributed by atoms with Crippen LogP contribution < -0.4 is 21.7 Å². The molecule has 0 aliphatic carbocycles. The minimum Gasteiger partial charge on any atom is -0.480 e. The third kappa shape index (κ3) is 8.72. The highest BCUT2D eigenvalue weighted by Crippen LogP contribution is 2.07. The Hall–Kier alpha value is -3.38. The second-order valence-electron chi connectivity index (χ2n) is 8.45. The summed E-state index contributed by atoms with van der Waals surface area (Å²) in [4.78, 5) is 56.5. The molecule has 2 aromatic rings. The summed E-state index contributed by atoms with van der Waals surface area (Å²) in [5.74, 6) is -3.44. The first kappa shape index (κ1) is 27.9. The molecule has 3 amide bonds. The van der Waals surface area contributed by atoms with Crippen LogP contribution in [0.2, 0.25) is 0 Å². The van der Waals surface area contributed by atoms with Gasteiger partial charge in [-0.2, -0.15) is 12.6 Å². The Bertz CT molecular complexity index is 986.